The third-order valence-electron chi connectivity index (χ3n) is 3.23. The van der Waals surface area contributed by atoms with Gasteiger partial charge in [-0.3, -0.25) is 4.79 Å². The maximum absolute atomic E-state index is 12.0. The van der Waals surface area contributed by atoms with Crippen LogP contribution < -0.4 is 5.43 Å². The van der Waals surface area contributed by atoms with E-state index >= 15 is 0 Å². The second kappa shape index (κ2) is 8.13. The molecule has 0 aliphatic carbocycles. The second-order valence-electron chi connectivity index (χ2n) is 5.72. The zero-order valence-electron chi connectivity index (χ0n) is 13.1. The summed E-state index contributed by atoms with van der Waals surface area (Å²) in [6, 6.07) is 19.7. The lowest BCUT2D eigenvalue weighted by atomic mass is 10.0. The van der Waals surface area contributed by atoms with Crippen LogP contribution in [0.4, 0.5) is 0 Å². The predicted molar refractivity (Wildman–Crippen MR) is 90.7 cm³/mol. The number of hydrogen-bond acceptors (Lipinski definition) is 2. The van der Waals surface area contributed by atoms with E-state index in [9.17, 15) is 4.79 Å². The van der Waals surface area contributed by atoms with E-state index in [1.54, 1.807) is 0 Å². The maximum Gasteiger partial charge on any atom is 0.244 e. The smallest absolute Gasteiger partial charge is 0.244 e. The molecule has 22 heavy (non-hydrogen) atoms. The van der Waals surface area contributed by atoms with Crippen molar-refractivity contribution in [2.75, 3.05) is 0 Å². The maximum atomic E-state index is 12.0. The minimum atomic E-state index is -0.0941. The molecule has 2 rings (SSSR count). The highest BCUT2D eigenvalue weighted by molar-refractivity contribution is 6.01. The van der Waals surface area contributed by atoms with Gasteiger partial charge in [-0.1, -0.05) is 74.5 Å². The van der Waals surface area contributed by atoms with Gasteiger partial charge in [0.15, 0.2) is 0 Å². The zero-order valence-corrected chi connectivity index (χ0v) is 13.1. The van der Waals surface area contributed by atoms with Crippen molar-refractivity contribution in [3.8, 4) is 0 Å². The van der Waals surface area contributed by atoms with Crippen molar-refractivity contribution in [3.05, 3.63) is 71.8 Å². The molecule has 0 unspecified atom stereocenters. The molecule has 0 aliphatic heterocycles. The predicted octanol–water partition coefficient (Wildman–Crippen LogP) is 3.80. The fraction of sp³-hybridized carbons (Fsp3) is 0.263. The summed E-state index contributed by atoms with van der Waals surface area (Å²) in [5.74, 6) is 0.383. The van der Waals surface area contributed by atoms with Gasteiger partial charge in [0.25, 0.3) is 0 Å². The van der Waals surface area contributed by atoms with Crippen LogP contribution in [0.2, 0.25) is 0 Å². The largest absolute Gasteiger partial charge is 0.273 e. The summed E-state index contributed by atoms with van der Waals surface area (Å²) < 4.78 is 0. The van der Waals surface area contributed by atoms with Crippen molar-refractivity contribution in [1.29, 1.82) is 0 Å². The van der Waals surface area contributed by atoms with Gasteiger partial charge < -0.3 is 0 Å². The minimum Gasteiger partial charge on any atom is -0.273 e. The molecule has 2 aromatic carbocycles. The van der Waals surface area contributed by atoms with Crippen molar-refractivity contribution in [2.24, 2.45) is 11.0 Å². The summed E-state index contributed by atoms with van der Waals surface area (Å²) in [4.78, 5) is 12.0. The average molecular weight is 294 g/mol. The highest BCUT2D eigenvalue weighted by atomic mass is 16.2. The van der Waals surface area contributed by atoms with Crippen LogP contribution in [0.25, 0.3) is 0 Å². The third-order valence-corrected chi connectivity index (χ3v) is 3.23. The van der Waals surface area contributed by atoms with Gasteiger partial charge in [0, 0.05) is 0 Å². The second-order valence-corrected chi connectivity index (χ2v) is 5.72. The lowest BCUT2D eigenvalue weighted by Crippen LogP contribution is -2.22. The first-order valence-corrected chi connectivity index (χ1v) is 7.60. The van der Waals surface area contributed by atoms with E-state index < -0.39 is 0 Å². The van der Waals surface area contributed by atoms with Crippen LogP contribution in [-0.4, -0.2) is 11.6 Å². The Labute approximate surface area is 132 Å². The molecule has 0 bridgehead atoms. The molecule has 0 saturated carbocycles. The molecule has 114 valence electrons. The van der Waals surface area contributed by atoms with Crippen molar-refractivity contribution in [3.63, 3.8) is 0 Å². The van der Waals surface area contributed by atoms with Gasteiger partial charge in [0.1, 0.15) is 0 Å². The van der Waals surface area contributed by atoms with Crippen LogP contribution in [0.3, 0.4) is 0 Å². The Morgan fingerprint density at radius 2 is 1.59 bits per heavy atom. The molecule has 3 nitrogen and oxygen atoms in total. The molecular formula is C19H22N2O. The standard InChI is InChI=1S/C19H22N2O/c1-15(2)13-18(17-11-7-4-8-12-17)20-21-19(22)14-16-9-5-3-6-10-16/h3-12,15H,13-14H2,1-2H3,(H,21,22). The van der Waals surface area contributed by atoms with Crippen molar-refractivity contribution in [2.45, 2.75) is 26.7 Å². The molecule has 0 aliphatic rings. The third kappa shape index (κ3) is 5.17. The lowest BCUT2D eigenvalue weighted by Gasteiger charge is -2.10. The summed E-state index contributed by atoms with van der Waals surface area (Å²) in [5.41, 5.74) is 5.64. The Morgan fingerprint density at radius 3 is 2.18 bits per heavy atom. The van der Waals surface area contributed by atoms with E-state index in [0.717, 1.165) is 23.3 Å². The zero-order chi connectivity index (χ0) is 15.8. The number of hydrazone groups is 1. The molecule has 1 amide bonds. The molecule has 1 N–H and O–H groups in total. The first kappa shape index (κ1) is 16.0. The molecule has 0 radical (unpaired) electrons. The Balaban J connectivity index is 2.05. The molecule has 0 spiro atoms. The number of nitrogens with zero attached hydrogens (tertiary/aromatic N) is 1. The first-order valence-electron chi connectivity index (χ1n) is 7.60. The Morgan fingerprint density at radius 1 is 1.00 bits per heavy atom. The molecule has 2 aromatic rings. The Hall–Kier alpha value is -2.42. The number of amides is 1. The summed E-state index contributed by atoms with van der Waals surface area (Å²) in [7, 11) is 0. The number of carbonyl (C=O) groups excluding carboxylic acids is 1. The lowest BCUT2D eigenvalue weighted by molar-refractivity contribution is -0.120. The normalized spacial score (nSPS) is 11.5. The van der Waals surface area contributed by atoms with Crippen LogP contribution in [0, 0.1) is 5.92 Å². The summed E-state index contributed by atoms with van der Waals surface area (Å²) in [5, 5.41) is 4.35. The van der Waals surface area contributed by atoms with Crippen molar-refractivity contribution >= 4 is 11.6 Å². The SMILES string of the molecule is CC(C)CC(=NNC(=O)Cc1ccccc1)c1ccccc1. The van der Waals surface area contributed by atoms with Gasteiger partial charge in [-0.05, 0) is 23.5 Å². The summed E-state index contributed by atoms with van der Waals surface area (Å²) in [6.45, 7) is 4.29. The minimum absolute atomic E-state index is 0.0941. The van der Waals surface area contributed by atoms with E-state index in [0.29, 0.717) is 12.3 Å². The highest BCUT2D eigenvalue weighted by Crippen LogP contribution is 2.10. The van der Waals surface area contributed by atoms with E-state index in [2.05, 4.69) is 24.4 Å². The number of nitrogens with one attached hydrogen (secondary N) is 1. The molecule has 0 aromatic heterocycles. The van der Waals surface area contributed by atoms with E-state index in [-0.39, 0.29) is 5.91 Å². The monoisotopic (exact) mass is 294 g/mol. The number of rotatable bonds is 6. The van der Waals surface area contributed by atoms with Gasteiger partial charge in [-0.15, -0.1) is 0 Å². The van der Waals surface area contributed by atoms with Crippen molar-refractivity contribution < 1.29 is 4.79 Å². The number of benzene rings is 2. The first-order chi connectivity index (χ1) is 10.6. The topological polar surface area (TPSA) is 41.5 Å². The van der Waals surface area contributed by atoms with Crippen LogP contribution >= 0.6 is 0 Å². The van der Waals surface area contributed by atoms with Crippen LogP contribution in [0.1, 0.15) is 31.4 Å². The van der Waals surface area contributed by atoms with Gasteiger partial charge >= 0.3 is 0 Å². The Bertz CT molecular complexity index is 618. The number of hydrogen-bond donors (Lipinski definition) is 1. The molecule has 0 atom stereocenters. The molecular weight excluding hydrogens is 272 g/mol. The van der Waals surface area contributed by atoms with E-state index in [4.69, 9.17) is 0 Å². The van der Waals surface area contributed by atoms with Crippen molar-refractivity contribution in [1.82, 2.24) is 5.43 Å². The average Bonchev–Trinajstić information content (AvgIpc) is 2.53. The summed E-state index contributed by atoms with van der Waals surface area (Å²) >= 11 is 0. The number of carbonyl (C=O) groups is 1. The van der Waals surface area contributed by atoms with Gasteiger partial charge in [0.2, 0.25) is 5.91 Å². The van der Waals surface area contributed by atoms with Gasteiger partial charge in [-0.2, -0.15) is 5.10 Å². The van der Waals surface area contributed by atoms with Gasteiger partial charge in [-0.25, -0.2) is 5.43 Å². The van der Waals surface area contributed by atoms with Crippen LogP contribution in [0.5, 0.6) is 0 Å². The molecule has 0 fully saturated rings. The fourth-order valence-corrected chi connectivity index (χ4v) is 2.20. The molecule has 0 heterocycles. The molecule has 3 heteroatoms. The quantitative estimate of drug-likeness (QED) is 0.639. The summed E-state index contributed by atoms with van der Waals surface area (Å²) in [6.07, 6.45) is 1.17. The molecule has 0 saturated heterocycles. The van der Waals surface area contributed by atoms with Crippen LogP contribution in [-0.2, 0) is 11.2 Å². The Kier molecular flexibility index (Phi) is 5.90. The van der Waals surface area contributed by atoms with E-state index in [1.165, 1.54) is 0 Å². The van der Waals surface area contributed by atoms with Crippen LogP contribution in [0.15, 0.2) is 65.8 Å². The highest BCUT2D eigenvalue weighted by Gasteiger charge is 2.08. The van der Waals surface area contributed by atoms with Gasteiger partial charge in [0.05, 0.1) is 12.1 Å². The fourth-order valence-electron chi connectivity index (χ4n) is 2.20. The van der Waals surface area contributed by atoms with E-state index in [1.807, 2.05) is 60.7 Å².